The molecule has 9 heteroatoms. The van der Waals surface area contributed by atoms with Crippen molar-refractivity contribution >= 4 is 39.3 Å². The number of carbonyl (C=O) groups is 1. The summed E-state index contributed by atoms with van der Waals surface area (Å²) >= 11 is 1.47. The number of nitrogens with zero attached hydrogens (tertiary/aromatic N) is 2. The van der Waals surface area contributed by atoms with Gasteiger partial charge in [0.25, 0.3) is 0 Å². The molecule has 140 valence electrons. The molecule has 0 bridgehead atoms. The lowest BCUT2D eigenvalue weighted by Crippen LogP contribution is -2.44. The summed E-state index contributed by atoms with van der Waals surface area (Å²) in [5.41, 5.74) is 0.805. The van der Waals surface area contributed by atoms with Crippen molar-refractivity contribution in [1.82, 2.24) is 4.31 Å². The molecule has 2 aromatic carbocycles. The molecule has 6 nitrogen and oxygen atoms in total. The van der Waals surface area contributed by atoms with Gasteiger partial charge in [-0.25, -0.2) is 8.70 Å². The van der Waals surface area contributed by atoms with E-state index in [1.165, 1.54) is 38.0 Å². The number of hydrogen-bond donors (Lipinski definition) is 1. The summed E-state index contributed by atoms with van der Waals surface area (Å²) in [5.74, 6) is -0.990. The molecule has 2 rings (SSSR count). The lowest BCUT2D eigenvalue weighted by molar-refractivity contribution is -0.114. The second-order valence-corrected chi connectivity index (χ2v) is 8.44. The zero-order chi connectivity index (χ0) is 19.3. The van der Waals surface area contributed by atoms with E-state index in [-0.39, 0.29) is 5.69 Å². The monoisotopic (exact) mass is 397 g/mol. The zero-order valence-corrected chi connectivity index (χ0v) is 16.3. The van der Waals surface area contributed by atoms with Crippen LogP contribution in [0.5, 0.6) is 0 Å². The van der Waals surface area contributed by atoms with Crippen molar-refractivity contribution in [2.24, 2.45) is 0 Å². The van der Waals surface area contributed by atoms with E-state index in [1.807, 2.05) is 18.4 Å². The third kappa shape index (κ3) is 4.75. The summed E-state index contributed by atoms with van der Waals surface area (Å²) in [4.78, 5) is 13.3. The van der Waals surface area contributed by atoms with Crippen LogP contribution in [0.15, 0.2) is 53.4 Å². The van der Waals surface area contributed by atoms with Gasteiger partial charge in [-0.15, -0.1) is 11.8 Å². The second kappa shape index (κ2) is 8.52. The van der Waals surface area contributed by atoms with Gasteiger partial charge in [0.05, 0.1) is 11.4 Å². The van der Waals surface area contributed by atoms with Crippen LogP contribution in [0.1, 0.15) is 0 Å². The first kappa shape index (κ1) is 20.2. The van der Waals surface area contributed by atoms with E-state index >= 15 is 0 Å². The third-order valence-corrected chi connectivity index (χ3v) is 6.14. The van der Waals surface area contributed by atoms with Crippen molar-refractivity contribution in [1.29, 1.82) is 0 Å². The van der Waals surface area contributed by atoms with E-state index in [9.17, 15) is 17.6 Å². The Bertz CT molecular complexity index is 871. The highest BCUT2D eigenvalue weighted by molar-refractivity contribution is 7.98. The fourth-order valence-corrected chi connectivity index (χ4v) is 3.80. The van der Waals surface area contributed by atoms with Gasteiger partial charge in [0, 0.05) is 19.0 Å². The zero-order valence-electron chi connectivity index (χ0n) is 14.6. The number of carbonyl (C=O) groups excluding carboxylic acids is 1. The number of nitrogens with one attached hydrogen (secondary N) is 1. The molecule has 0 aliphatic heterocycles. The van der Waals surface area contributed by atoms with Gasteiger partial charge in [-0.1, -0.05) is 12.1 Å². The highest BCUT2D eigenvalue weighted by Crippen LogP contribution is 2.25. The molecule has 0 saturated heterocycles. The van der Waals surface area contributed by atoms with Crippen molar-refractivity contribution in [2.45, 2.75) is 4.90 Å². The minimum absolute atomic E-state index is 0.202. The first-order valence-corrected chi connectivity index (χ1v) is 10.3. The normalized spacial score (nSPS) is 11.4. The van der Waals surface area contributed by atoms with E-state index < -0.39 is 28.5 Å². The fourth-order valence-electron chi connectivity index (χ4n) is 2.18. The molecular weight excluding hydrogens is 377 g/mol. The molecule has 0 aliphatic carbocycles. The van der Waals surface area contributed by atoms with Crippen LogP contribution in [-0.4, -0.2) is 45.5 Å². The first-order chi connectivity index (χ1) is 12.3. The van der Waals surface area contributed by atoms with Crippen molar-refractivity contribution in [3.63, 3.8) is 0 Å². The van der Waals surface area contributed by atoms with E-state index in [2.05, 4.69) is 5.32 Å². The van der Waals surface area contributed by atoms with Crippen molar-refractivity contribution in [3.05, 3.63) is 54.3 Å². The number of benzene rings is 2. The number of hydrogen-bond acceptors (Lipinski definition) is 4. The molecule has 0 spiro atoms. The molecule has 0 radical (unpaired) electrons. The SMILES string of the molecule is CSc1ccccc1NC(=O)CN(c1ccc(F)cc1)S(=O)(=O)N(C)C. The van der Waals surface area contributed by atoms with Crippen LogP contribution < -0.4 is 9.62 Å². The van der Waals surface area contributed by atoms with Gasteiger partial charge in [0.1, 0.15) is 12.4 Å². The molecular formula is C17H20FN3O3S2. The second-order valence-electron chi connectivity index (χ2n) is 5.52. The quantitative estimate of drug-likeness (QED) is 0.730. The summed E-state index contributed by atoms with van der Waals surface area (Å²) in [6, 6.07) is 12.2. The summed E-state index contributed by atoms with van der Waals surface area (Å²) in [7, 11) is -1.19. The summed E-state index contributed by atoms with van der Waals surface area (Å²) in [6.07, 6.45) is 1.88. The van der Waals surface area contributed by atoms with Crippen LogP contribution in [0.25, 0.3) is 0 Å². The van der Waals surface area contributed by atoms with Gasteiger partial charge in [0.15, 0.2) is 0 Å². The van der Waals surface area contributed by atoms with E-state index in [1.54, 1.807) is 12.1 Å². The highest BCUT2D eigenvalue weighted by atomic mass is 32.2. The van der Waals surface area contributed by atoms with Gasteiger partial charge in [-0.2, -0.15) is 12.7 Å². The molecule has 0 aromatic heterocycles. The van der Waals surface area contributed by atoms with Gasteiger partial charge in [-0.05, 0) is 42.7 Å². The van der Waals surface area contributed by atoms with Gasteiger partial charge in [-0.3, -0.25) is 4.79 Å². The van der Waals surface area contributed by atoms with E-state index in [0.717, 1.165) is 25.6 Å². The number of rotatable bonds is 7. The van der Waals surface area contributed by atoms with Crippen LogP contribution in [0.2, 0.25) is 0 Å². The smallest absolute Gasteiger partial charge is 0.304 e. The van der Waals surface area contributed by atoms with Gasteiger partial charge in [0.2, 0.25) is 5.91 Å². The first-order valence-electron chi connectivity index (χ1n) is 7.64. The number of amides is 1. The Hall–Kier alpha value is -2.10. The molecule has 2 aromatic rings. The Kier molecular flexibility index (Phi) is 6.63. The molecule has 0 atom stereocenters. The average Bonchev–Trinajstić information content (AvgIpc) is 2.61. The van der Waals surface area contributed by atoms with Crippen LogP contribution in [0, 0.1) is 5.82 Å². The van der Waals surface area contributed by atoms with Crippen LogP contribution in [-0.2, 0) is 15.0 Å². The maximum atomic E-state index is 13.2. The molecule has 0 saturated carbocycles. The lowest BCUT2D eigenvalue weighted by atomic mass is 10.3. The van der Waals surface area contributed by atoms with Crippen molar-refractivity contribution in [2.75, 3.05) is 36.5 Å². The maximum absolute atomic E-state index is 13.2. The Labute approximate surface area is 157 Å². The molecule has 0 unspecified atom stereocenters. The molecule has 1 amide bonds. The largest absolute Gasteiger partial charge is 0.323 e. The van der Waals surface area contributed by atoms with E-state index in [0.29, 0.717) is 5.69 Å². The fraction of sp³-hybridized carbons (Fsp3) is 0.235. The maximum Gasteiger partial charge on any atom is 0.304 e. The highest BCUT2D eigenvalue weighted by Gasteiger charge is 2.27. The minimum Gasteiger partial charge on any atom is -0.323 e. The van der Waals surface area contributed by atoms with Crippen LogP contribution >= 0.6 is 11.8 Å². The Morgan fingerprint density at radius 1 is 1.12 bits per heavy atom. The molecule has 26 heavy (non-hydrogen) atoms. The molecule has 0 aliphatic rings. The minimum atomic E-state index is -3.93. The Balaban J connectivity index is 2.29. The summed E-state index contributed by atoms with van der Waals surface area (Å²) in [6.45, 7) is -0.436. The number of anilines is 2. The number of halogens is 1. The predicted octanol–water partition coefficient (Wildman–Crippen LogP) is 2.80. The van der Waals surface area contributed by atoms with Gasteiger partial charge < -0.3 is 5.32 Å². The Morgan fingerprint density at radius 3 is 2.31 bits per heavy atom. The molecule has 0 fully saturated rings. The van der Waals surface area contributed by atoms with E-state index in [4.69, 9.17) is 0 Å². The summed E-state index contributed by atoms with van der Waals surface area (Å²) < 4.78 is 40.3. The van der Waals surface area contributed by atoms with Crippen molar-refractivity contribution < 1.29 is 17.6 Å². The Morgan fingerprint density at radius 2 is 1.73 bits per heavy atom. The van der Waals surface area contributed by atoms with Gasteiger partial charge >= 0.3 is 10.2 Å². The predicted molar refractivity (Wildman–Crippen MR) is 103 cm³/mol. The standard InChI is InChI=1S/C17H20FN3O3S2/c1-20(2)26(23,24)21(14-10-8-13(18)9-11-14)12-17(22)19-15-6-4-5-7-16(15)25-3/h4-11H,12H2,1-3H3,(H,19,22). The van der Waals surface area contributed by atoms with Crippen molar-refractivity contribution in [3.8, 4) is 0 Å². The summed E-state index contributed by atoms with van der Waals surface area (Å²) in [5, 5.41) is 2.73. The number of para-hydroxylation sites is 1. The average molecular weight is 397 g/mol. The number of thioether (sulfide) groups is 1. The topological polar surface area (TPSA) is 69.7 Å². The third-order valence-electron chi connectivity index (χ3n) is 3.52. The lowest BCUT2D eigenvalue weighted by Gasteiger charge is -2.27. The van der Waals surface area contributed by atoms with Crippen LogP contribution in [0.4, 0.5) is 15.8 Å². The van der Waals surface area contributed by atoms with Crippen LogP contribution in [0.3, 0.4) is 0 Å². The molecule has 0 heterocycles. The molecule has 1 N–H and O–H groups in total.